The lowest BCUT2D eigenvalue weighted by Gasteiger charge is -2.47. The fourth-order valence-corrected chi connectivity index (χ4v) is 4.27. The lowest BCUT2D eigenvalue weighted by molar-refractivity contribution is -0.106. The minimum Gasteiger partial charge on any atom is -0.374 e. The highest BCUT2D eigenvalue weighted by molar-refractivity contribution is 5.20. The average molecular weight is 234 g/mol. The van der Waals surface area contributed by atoms with E-state index in [1.807, 2.05) is 5.57 Å². The highest BCUT2D eigenvalue weighted by Crippen LogP contribution is 2.46. The van der Waals surface area contributed by atoms with Crippen LogP contribution in [-0.4, -0.2) is 12.2 Å². The molecule has 1 nitrogen and oxygen atoms in total. The van der Waals surface area contributed by atoms with Crippen LogP contribution >= 0.6 is 0 Å². The van der Waals surface area contributed by atoms with E-state index >= 15 is 0 Å². The van der Waals surface area contributed by atoms with Gasteiger partial charge in [0.2, 0.25) is 0 Å². The van der Waals surface area contributed by atoms with Crippen LogP contribution in [0.4, 0.5) is 0 Å². The van der Waals surface area contributed by atoms with Gasteiger partial charge in [-0.3, -0.25) is 0 Å². The fourth-order valence-electron chi connectivity index (χ4n) is 4.27. The first kappa shape index (κ1) is 11.8. The predicted octanol–water partition coefficient (Wildman–Crippen LogP) is 4.47. The first-order valence-corrected chi connectivity index (χ1v) is 7.75. The highest BCUT2D eigenvalue weighted by Gasteiger charge is 2.42. The third-order valence-electron chi connectivity index (χ3n) is 5.03. The van der Waals surface area contributed by atoms with Gasteiger partial charge in [0.05, 0.1) is 12.2 Å². The maximum Gasteiger partial charge on any atom is 0.0644 e. The second-order valence-corrected chi connectivity index (χ2v) is 6.13. The number of ether oxygens (including phenoxy) is 1. The summed E-state index contributed by atoms with van der Waals surface area (Å²) < 4.78 is 6.46. The van der Waals surface area contributed by atoms with Gasteiger partial charge in [-0.25, -0.2) is 0 Å². The molecule has 0 aromatic rings. The number of allylic oxidation sites excluding steroid dienone is 1. The summed E-state index contributed by atoms with van der Waals surface area (Å²) >= 11 is 0. The average Bonchev–Trinajstić information content (AvgIpc) is 2.39. The molecular formula is C16H26O. The molecule has 4 atom stereocenters. The van der Waals surface area contributed by atoms with E-state index in [2.05, 4.69) is 13.0 Å². The van der Waals surface area contributed by atoms with Crippen molar-refractivity contribution in [2.75, 3.05) is 0 Å². The van der Waals surface area contributed by atoms with Crippen LogP contribution in [0.3, 0.4) is 0 Å². The van der Waals surface area contributed by atoms with Gasteiger partial charge in [-0.15, -0.1) is 0 Å². The van der Waals surface area contributed by atoms with E-state index in [4.69, 9.17) is 4.74 Å². The molecule has 96 valence electrons. The lowest BCUT2D eigenvalue weighted by atomic mass is 9.68. The van der Waals surface area contributed by atoms with Crippen molar-refractivity contribution < 1.29 is 4.74 Å². The molecule has 1 heteroatoms. The predicted molar refractivity (Wildman–Crippen MR) is 71.0 cm³/mol. The molecule has 0 radical (unpaired) electrons. The molecule has 0 aromatic heterocycles. The molecule has 1 heterocycles. The first-order chi connectivity index (χ1) is 8.40. The van der Waals surface area contributed by atoms with Crippen LogP contribution in [0, 0.1) is 11.8 Å². The Kier molecular flexibility index (Phi) is 3.56. The molecule has 17 heavy (non-hydrogen) atoms. The molecule has 1 saturated heterocycles. The molecule has 3 rings (SSSR count). The van der Waals surface area contributed by atoms with Crippen LogP contribution < -0.4 is 0 Å². The molecule has 0 unspecified atom stereocenters. The SMILES string of the molecule is CCC[C@@H]1O[C@H]2CCCC[C@H]2C2=CCCC[C@H]21. The van der Waals surface area contributed by atoms with Crippen molar-refractivity contribution in [1.82, 2.24) is 0 Å². The van der Waals surface area contributed by atoms with Crippen LogP contribution in [0.15, 0.2) is 11.6 Å². The van der Waals surface area contributed by atoms with Crippen molar-refractivity contribution in [2.24, 2.45) is 11.8 Å². The number of rotatable bonds is 2. The molecule has 0 bridgehead atoms. The Morgan fingerprint density at radius 3 is 2.82 bits per heavy atom. The van der Waals surface area contributed by atoms with Gasteiger partial charge in [0, 0.05) is 11.8 Å². The summed E-state index contributed by atoms with van der Waals surface area (Å²) in [6, 6.07) is 0. The second-order valence-electron chi connectivity index (χ2n) is 6.13. The minimum atomic E-state index is 0.547. The molecule has 2 fully saturated rings. The van der Waals surface area contributed by atoms with Crippen molar-refractivity contribution in [1.29, 1.82) is 0 Å². The van der Waals surface area contributed by atoms with Gasteiger partial charge in [-0.1, -0.05) is 37.8 Å². The zero-order chi connectivity index (χ0) is 11.7. The Bertz CT molecular complexity index is 294. The second kappa shape index (κ2) is 5.14. The van der Waals surface area contributed by atoms with E-state index in [1.54, 1.807) is 0 Å². The standard InChI is InChI=1S/C16H26O/c1-2-7-15-13-9-4-3-8-12(13)14-10-5-6-11-16(14)17-15/h8,13-16H,2-7,9-11H2,1H3/t13-,14+,15+,16+/m1/s1. The number of fused-ring (bicyclic) bond motifs is 3. The summed E-state index contributed by atoms with van der Waals surface area (Å²) in [7, 11) is 0. The van der Waals surface area contributed by atoms with Gasteiger partial charge in [-0.05, 0) is 38.5 Å². The normalized spacial score (nSPS) is 41.4. The molecule has 0 aromatic carbocycles. The molecule has 3 aliphatic rings. The molecular weight excluding hydrogens is 208 g/mol. The summed E-state index contributed by atoms with van der Waals surface area (Å²) in [6.07, 6.45) is 15.9. The molecule has 1 aliphatic heterocycles. The molecule has 0 amide bonds. The van der Waals surface area contributed by atoms with Crippen molar-refractivity contribution in [3.63, 3.8) is 0 Å². The Hall–Kier alpha value is -0.300. The van der Waals surface area contributed by atoms with Gasteiger partial charge in [0.15, 0.2) is 0 Å². The van der Waals surface area contributed by atoms with Gasteiger partial charge >= 0.3 is 0 Å². The smallest absolute Gasteiger partial charge is 0.0644 e. The number of hydrogen-bond acceptors (Lipinski definition) is 1. The van der Waals surface area contributed by atoms with Crippen LogP contribution in [0.1, 0.15) is 64.7 Å². The summed E-state index contributed by atoms with van der Waals surface area (Å²) in [6.45, 7) is 2.29. The van der Waals surface area contributed by atoms with E-state index in [0.717, 1.165) is 11.8 Å². The molecule has 1 saturated carbocycles. The first-order valence-electron chi connectivity index (χ1n) is 7.75. The Labute approximate surface area is 106 Å². The topological polar surface area (TPSA) is 9.23 Å². The maximum atomic E-state index is 6.46. The van der Waals surface area contributed by atoms with E-state index in [-0.39, 0.29) is 0 Å². The van der Waals surface area contributed by atoms with E-state index in [0.29, 0.717) is 12.2 Å². The van der Waals surface area contributed by atoms with E-state index < -0.39 is 0 Å². The third-order valence-corrected chi connectivity index (χ3v) is 5.03. The maximum absolute atomic E-state index is 6.46. The molecule has 0 spiro atoms. The largest absolute Gasteiger partial charge is 0.374 e. The summed E-state index contributed by atoms with van der Waals surface area (Å²) in [5, 5.41) is 0. The van der Waals surface area contributed by atoms with Crippen molar-refractivity contribution in [3.8, 4) is 0 Å². The van der Waals surface area contributed by atoms with Crippen LogP contribution in [0.25, 0.3) is 0 Å². The third kappa shape index (κ3) is 2.19. The summed E-state index contributed by atoms with van der Waals surface area (Å²) in [4.78, 5) is 0. The highest BCUT2D eigenvalue weighted by atomic mass is 16.5. The monoisotopic (exact) mass is 234 g/mol. The fraction of sp³-hybridized carbons (Fsp3) is 0.875. The quantitative estimate of drug-likeness (QED) is 0.640. The van der Waals surface area contributed by atoms with E-state index in [9.17, 15) is 0 Å². The van der Waals surface area contributed by atoms with Crippen LogP contribution in [0.5, 0.6) is 0 Å². The zero-order valence-corrected chi connectivity index (χ0v) is 11.2. The van der Waals surface area contributed by atoms with E-state index in [1.165, 1.54) is 57.8 Å². The van der Waals surface area contributed by atoms with Gasteiger partial charge in [0.1, 0.15) is 0 Å². The lowest BCUT2D eigenvalue weighted by Crippen LogP contribution is -2.45. The van der Waals surface area contributed by atoms with Crippen molar-refractivity contribution >= 4 is 0 Å². The Balaban J connectivity index is 1.83. The minimum absolute atomic E-state index is 0.547. The van der Waals surface area contributed by atoms with Gasteiger partial charge in [-0.2, -0.15) is 0 Å². The molecule has 2 aliphatic carbocycles. The van der Waals surface area contributed by atoms with Gasteiger partial charge < -0.3 is 4.74 Å². The zero-order valence-electron chi connectivity index (χ0n) is 11.2. The van der Waals surface area contributed by atoms with Crippen LogP contribution in [-0.2, 0) is 4.74 Å². The molecule has 0 N–H and O–H groups in total. The van der Waals surface area contributed by atoms with Crippen molar-refractivity contribution in [2.45, 2.75) is 76.9 Å². The summed E-state index contributed by atoms with van der Waals surface area (Å²) in [5.41, 5.74) is 1.81. The Morgan fingerprint density at radius 1 is 1.12 bits per heavy atom. The summed E-state index contributed by atoms with van der Waals surface area (Å²) in [5.74, 6) is 1.57. The van der Waals surface area contributed by atoms with Gasteiger partial charge in [0.25, 0.3) is 0 Å². The van der Waals surface area contributed by atoms with Crippen molar-refractivity contribution in [3.05, 3.63) is 11.6 Å². The number of hydrogen-bond donors (Lipinski definition) is 0. The Morgan fingerprint density at radius 2 is 1.94 bits per heavy atom. The van der Waals surface area contributed by atoms with Crippen LogP contribution in [0.2, 0.25) is 0 Å².